The van der Waals surface area contributed by atoms with Gasteiger partial charge in [0, 0.05) is 6.07 Å². The lowest BCUT2D eigenvalue weighted by molar-refractivity contribution is 0.0625. The monoisotopic (exact) mass is 332 g/mol. The summed E-state index contributed by atoms with van der Waals surface area (Å²) in [5.41, 5.74) is 2.18. The van der Waals surface area contributed by atoms with Crippen molar-refractivity contribution in [2.45, 2.75) is 26.9 Å². The Kier molecular flexibility index (Phi) is 5.93. The fourth-order valence-electron chi connectivity index (χ4n) is 2.32. The molecule has 0 fully saturated rings. The third-order valence-corrected chi connectivity index (χ3v) is 3.40. The van der Waals surface area contributed by atoms with Gasteiger partial charge in [0.15, 0.2) is 5.78 Å². The second-order valence-electron chi connectivity index (χ2n) is 5.80. The van der Waals surface area contributed by atoms with E-state index in [2.05, 4.69) is 0 Å². The van der Waals surface area contributed by atoms with Crippen molar-refractivity contribution in [3.8, 4) is 11.5 Å². The Bertz CT molecular complexity index is 707. The number of ether oxygens (including phenoxy) is 2. The van der Waals surface area contributed by atoms with Gasteiger partial charge in [-0.15, -0.1) is 0 Å². The molecule has 2 aromatic rings. The van der Waals surface area contributed by atoms with Crippen LogP contribution in [0.1, 0.15) is 28.4 Å². The van der Waals surface area contributed by atoms with Crippen molar-refractivity contribution < 1.29 is 23.8 Å². The molecule has 1 atom stereocenters. The number of benzene rings is 2. The highest BCUT2D eigenvalue weighted by atomic mass is 19.1. The van der Waals surface area contributed by atoms with Crippen LogP contribution in [0.2, 0.25) is 0 Å². The Balaban J connectivity index is 1.85. The van der Waals surface area contributed by atoms with Crippen LogP contribution in [0, 0.1) is 19.7 Å². The number of carbonyl (C=O) groups is 1. The molecule has 0 saturated heterocycles. The lowest BCUT2D eigenvalue weighted by Crippen LogP contribution is -2.25. The molecule has 0 aromatic heterocycles. The van der Waals surface area contributed by atoms with E-state index in [-0.39, 0.29) is 30.3 Å². The molecule has 1 N–H and O–H groups in total. The number of carbonyl (C=O) groups excluding carboxylic acids is 1. The minimum atomic E-state index is -0.860. The van der Waals surface area contributed by atoms with Gasteiger partial charge >= 0.3 is 0 Å². The minimum Gasteiger partial charge on any atom is -0.491 e. The number of ketones is 1. The third-order valence-electron chi connectivity index (χ3n) is 3.40. The van der Waals surface area contributed by atoms with Crippen LogP contribution in [0.5, 0.6) is 11.5 Å². The number of Topliss-reactive ketones (excluding diaryl/α,β-unsaturated/α-hetero) is 1. The standard InChI is InChI=1S/C19H21FO4/c1-12-6-13(2)8-17(7-12)24-11-15(22)10-23-16-4-5-18(14(3)21)19(20)9-16/h4-9,15,22H,10-11H2,1-3H3. The predicted molar refractivity (Wildman–Crippen MR) is 89.3 cm³/mol. The number of rotatable bonds is 7. The van der Waals surface area contributed by atoms with Gasteiger partial charge in [-0.2, -0.15) is 0 Å². The summed E-state index contributed by atoms with van der Waals surface area (Å²) in [5, 5.41) is 9.92. The van der Waals surface area contributed by atoms with Crippen molar-refractivity contribution in [1.82, 2.24) is 0 Å². The Morgan fingerprint density at radius 3 is 2.17 bits per heavy atom. The molecular formula is C19H21FO4. The van der Waals surface area contributed by atoms with E-state index in [0.717, 1.165) is 17.2 Å². The normalized spacial score (nSPS) is 11.9. The van der Waals surface area contributed by atoms with Crippen LogP contribution in [0.25, 0.3) is 0 Å². The predicted octanol–water partition coefficient (Wildman–Crippen LogP) is 3.46. The summed E-state index contributed by atoms with van der Waals surface area (Å²) in [5.74, 6) is -0.0479. The van der Waals surface area contributed by atoms with Gasteiger partial charge < -0.3 is 14.6 Å². The zero-order valence-electron chi connectivity index (χ0n) is 14.0. The van der Waals surface area contributed by atoms with Gasteiger partial charge in [-0.25, -0.2) is 4.39 Å². The molecule has 0 aliphatic carbocycles. The van der Waals surface area contributed by atoms with E-state index in [4.69, 9.17) is 9.47 Å². The Labute approximate surface area is 140 Å². The second-order valence-corrected chi connectivity index (χ2v) is 5.80. The average Bonchev–Trinajstić information content (AvgIpc) is 2.49. The SMILES string of the molecule is CC(=O)c1ccc(OCC(O)COc2cc(C)cc(C)c2)cc1F. The number of hydrogen-bond donors (Lipinski definition) is 1. The molecule has 0 heterocycles. The summed E-state index contributed by atoms with van der Waals surface area (Å²) in [7, 11) is 0. The van der Waals surface area contributed by atoms with E-state index in [1.54, 1.807) is 0 Å². The quantitative estimate of drug-likeness (QED) is 0.789. The molecule has 4 nitrogen and oxygen atoms in total. The number of aryl methyl sites for hydroxylation is 2. The molecule has 24 heavy (non-hydrogen) atoms. The maximum atomic E-state index is 13.7. The Morgan fingerprint density at radius 1 is 1.04 bits per heavy atom. The molecule has 0 bridgehead atoms. The molecule has 5 heteroatoms. The van der Waals surface area contributed by atoms with E-state index in [1.165, 1.54) is 19.1 Å². The fourth-order valence-corrected chi connectivity index (χ4v) is 2.32. The van der Waals surface area contributed by atoms with Crippen LogP contribution in [-0.4, -0.2) is 30.2 Å². The summed E-state index contributed by atoms with van der Waals surface area (Å²) in [6.45, 7) is 5.27. The highest BCUT2D eigenvalue weighted by Crippen LogP contribution is 2.18. The second kappa shape index (κ2) is 7.93. The van der Waals surface area contributed by atoms with E-state index in [0.29, 0.717) is 5.75 Å². The van der Waals surface area contributed by atoms with Gasteiger partial charge in [0.05, 0.1) is 5.56 Å². The first kappa shape index (κ1) is 17.9. The first-order valence-corrected chi connectivity index (χ1v) is 7.67. The van der Waals surface area contributed by atoms with Crippen LogP contribution in [0.3, 0.4) is 0 Å². The molecular weight excluding hydrogens is 311 g/mol. The Hall–Kier alpha value is -2.40. The number of aliphatic hydroxyl groups is 1. The molecule has 2 rings (SSSR count). The topological polar surface area (TPSA) is 55.8 Å². The van der Waals surface area contributed by atoms with E-state index < -0.39 is 11.9 Å². The summed E-state index contributed by atoms with van der Waals surface area (Å²) in [6, 6.07) is 9.80. The molecule has 0 saturated carbocycles. The zero-order chi connectivity index (χ0) is 17.7. The summed E-state index contributed by atoms with van der Waals surface area (Å²) < 4.78 is 24.6. The van der Waals surface area contributed by atoms with Crippen molar-refractivity contribution in [3.05, 3.63) is 58.9 Å². The largest absolute Gasteiger partial charge is 0.491 e. The molecule has 128 valence electrons. The van der Waals surface area contributed by atoms with Gasteiger partial charge in [-0.1, -0.05) is 6.07 Å². The van der Waals surface area contributed by atoms with Gasteiger partial charge in [0.25, 0.3) is 0 Å². The maximum Gasteiger partial charge on any atom is 0.162 e. The summed E-state index contributed by atoms with van der Waals surface area (Å²) >= 11 is 0. The lowest BCUT2D eigenvalue weighted by Gasteiger charge is -2.14. The summed E-state index contributed by atoms with van der Waals surface area (Å²) in [4.78, 5) is 11.2. The van der Waals surface area contributed by atoms with Crippen LogP contribution >= 0.6 is 0 Å². The van der Waals surface area contributed by atoms with Crippen LogP contribution in [0.4, 0.5) is 4.39 Å². The van der Waals surface area contributed by atoms with Crippen molar-refractivity contribution in [2.75, 3.05) is 13.2 Å². The lowest BCUT2D eigenvalue weighted by atomic mass is 10.1. The zero-order valence-corrected chi connectivity index (χ0v) is 14.0. The van der Waals surface area contributed by atoms with Gasteiger partial charge in [0.2, 0.25) is 0 Å². The highest BCUT2D eigenvalue weighted by Gasteiger charge is 2.11. The molecule has 0 aliphatic heterocycles. The van der Waals surface area contributed by atoms with E-state index >= 15 is 0 Å². The van der Waals surface area contributed by atoms with Crippen molar-refractivity contribution in [2.24, 2.45) is 0 Å². The van der Waals surface area contributed by atoms with Gasteiger partial charge in [-0.05, 0) is 56.2 Å². The summed E-state index contributed by atoms with van der Waals surface area (Å²) in [6.07, 6.45) is -0.860. The van der Waals surface area contributed by atoms with Crippen LogP contribution < -0.4 is 9.47 Å². The highest BCUT2D eigenvalue weighted by molar-refractivity contribution is 5.94. The first-order chi connectivity index (χ1) is 11.3. The van der Waals surface area contributed by atoms with Crippen molar-refractivity contribution in [1.29, 1.82) is 0 Å². The molecule has 0 spiro atoms. The smallest absolute Gasteiger partial charge is 0.162 e. The van der Waals surface area contributed by atoms with Gasteiger partial charge in [-0.3, -0.25) is 4.79 Å². The Morgan fingerprint density at radius 2 is 1.62 bits per heavy atom. The molecule has 1 unspecified atom stereocenters. The minimum absolute atomic E-state index is 0.0149. The van der Waals surface area contributed by atoms with E-state index in [1.807, 2.05) is 32.0 Å². The average molecular weight is 332 g/mol. The van der Waals surface area contributed by atoms with Crippen LogP contribution in [0.15, 0.2) is 36.4 Å². The third kappa shape index (κ3) is 5.06. The van der Waals surface area contributed by atoms with E-state index in [9.17, 15) is 14.3 Å². The number of aliphatic hydroxyl groups excluding tert-OH is 1. The van der Waals surface area contributed by atoms with Gasteiger partial charge in [0.1, 0.15) is 36.6 Å². The van der Waals surface area contributed by atoms with Crippen molar-refractivity contribution in [3.63, 3.8) is 0 Å². The van der Waals surface area contributed by atoms with Crippen molar-refractivity contribution >= 4 is 5.78 Å². The molecule has 0 aliphatic rings. The number of halogens is 1. The number of hydrogen-bond acceptors (Lipinski definition) is 4. The molecule has 0 amide bonds. The maximum absolute atomic E-state index is 13.7. The first-order valence-electron chi connectivity index (χ1n) is 7.67. The molecule has 0 radical (unpaired) electrons. The fraction of sp³-hybridized carbons (Fsp3) is 0.316. The molecule has 2 aromatic carbocycles. The van der Waals surface area contributed by atoms with Crippen LogP contribution in [-0.2, 0) is 0 Å².